The first kappa shape index (κ1) is 17.9. The molecule has 0 spiro atoms. The summed E-state index contributed by atoms with van der Waals surface area (Å²) in [4.78, 5) is 16.3. The molecule has 0 aliphatic carbocycles. The van der Waals surface area contributed by atoms with E-state index in [0.717, 1.165) is 28.9 Å². The predicted octanol–water partition coefficient (Wildman–Crippen LogP) is 4.21. The number of amides is 1. The van der Waals surface area contributed by atoms with Crippen LogP contribution >= 0.6 is 0 Å². The zero-order chi connectivity index (χ0) is 19.4. The molecule has 6 heteroatoms. The van der Waals surface area contributed by atoms with E-state index in [-0.39, 0.29) is 17.5 Å². The number of para-hydroxylation sites is 1. The SMILES string of the molecule is CN1C(=O)CC[C@@]2(Cc3ccc(C(F)(F)F)cc3)c3ccccc3N(C)[C@@H]12. The van der Waals surface area contributed by atoms with E-state index in [2.05, 4.69) is 11.0 Å². The lowest BCUT2D eigenvalue weighted by molar-refractivity contribution is -0.138. The van der Waals surface area contributed by atoms with Gasteiger partial charge in [0.1, 0.15) is 6.17 Å². The number of carbonyl (C=O) groups is 1. The normalized spacial score (nSPS) is 24.8. The number of nitrogens with zero attached hydrogens (tertiary/aromatic N) is 2. The van der Waals surface area contributed by atoms with E-state index >= 15 is 0 Å². The van der Waals surface area contributed by atoms with Gasteiger partial charge in [0.05, 0.1) is 5.56 Å². The highest BCUT2D eigenvalue weighted by molar-refractivity contribution is 5.80. The molecule has 0 N–H and O–H groups in total. The molecule has 0 saturated carbocycles. The number of likely N-dealkylation sites (N-methyl/N-ethyl adjacent to an activating group) is 2. The summed E-state index contributed by atoms with van der Waals surface area (Å²) in [6, 6.07) is 13.5. The van der Waals surface area contributed by atoms with Gasteiger partial charge < -0.3 is 9.80 Å². The van der Waals surface area contributed by atoms with Crippen molar-refractivity contribution in [3.05, 3.63) is 65.2 Å². The van der Waals surface area contributed by atoms with Crippen molar-refractivity contribution in [1.82, 2.24) is 4.90 Å². The van der Waals surface area contributed by atoms with Crippen LogP contribution in [0.15, 0.2) is 48.5 Å². The first-order chi connectivity index (χ1) is 12.7. The second-order valence-electron chi connectivity index (χ2n) is 7.53. The number of rotatable bonds is 2. The summed E-state index contributed by atoms with van der Waals surface area (Å²) in [5.74, 6) is 0.0997. The molecular formula is C21H21F3N2O. The molecule has 1 fully saturated rings. The summed E-state index contributed by atoms with van der Waals surface area (Å²) in [7, 11) is 3.79. The third-order valence-electron chi connectivity index (χ3n) is 6.03. The Morgan fingerprint density at radius 2 is 1.70 bits per heavy atom. The number of benzene rings is 2. The highest BCUT2D eigenvalue weighted by atomic mass is 19.4. The molecule has 0 radical (unpaired) electrons. The summed E-state index contributed by atoms with van der Waals surface area (Å²) < 4.78 is 38.7. The number of hydrogen-bond donors (Lipinski definition) is 0. The summed E-state index contributed by atoms with van der Waals surface area (Å²) in [6.45, 7) is 0. The number of likely N-dealkylation sites (tertiary alicyclic amines) is 1. The van der Waals surface area contributed by atoms with Crippen LogP contribution in [0.1, 0.15) is 29.5 Å². The average Bonchev–Trinajstić information content (AvgIpc) is 2.88. The van der Waals surface area contributed by atoms with Crippen LogP contribution in [-0.4, -0.2) is 31.1 Å². The van der Waals surface area contributed by atoms with Crippen molar-refractivity contribution in [3.8, 4) is 0 Å². The van der Waals surface area contributed by atoms with Crippen LogP contribution in [0.2, 0.25) is 0 Å². The summed E-state index contributed by atoms with van der Waals surface area (Å²) >= 11 is 0. The Hall–Kier alpha value is -2.50. The van der Waals surface area contributed by atoms with Crippen LogP contribution in [0, 0.1) is 0 Å². The van der Waals surface area contributed by atoms with Crippen molar-refractivity contribution in [2.75, 3.05) is 19.0 Å². The van der Waals surface area contributed by atoms with E-state index in [1.807, 2.05) is 32.3 Å². The van der Waals surface area contributed by atoms with Crippen LogP contribution in [0.3, 0.4) is 0 Å². The Balaban J connectivity index is 1.77. The van der Waals surface area contributed by atoms with E-state index in [1.54, 1.807) is 17.0 Å². The van der Waals surface area contributed by atoms with Crippen LogP contribution in [-0.2, 0) is 22.8 Å². The van der Waals surface area contributed by atoms with Crippen molar-refractivity contribution in [3.63, 3.8) is 0 Å². The minimum Gasteiger partial charge on any atom is -0.353 e. The number of alkyl halides is 3. The van der Waals surface area contributed by atoms with E-state index < -0.39 is 11.7 Å². The lowest BCUT2D eigenvalue weighted by Gasteiger charge is -2.47. The van der Waals surface area contributed by atoms with Crippen LogP contribution in [0.25, 0.3) is 0 Å². The quantitative estimate of drug-likeness (QED) is 0.786. The molecule has 3 nitrogen and oxygen atoms in total. The lowest BCUT2D eigenvalue weighted by Crippen LogP contribution is -2.59. The zero-order valence-corrected chi connectivity index (χ0v) is 15.3. The van der Waals surface area contributed by atoms with Gasteiger partial charge in [-0.05, 0) is 42.2 Å². The monoisotopic (exact) mass is 374 g/mol. The number of anilines is 1. The van der Waals surface area contributed by atoms with Gasteiger partial charge in [0.2, 0.25) is 5.91 Å². The molecule has 2 aromatic rings. The first-order valence-corrected chi connectivity index (χ1v) is 8.98. The van der Waals surface area contributed by atoms with Gasteiger partial charge in [-0.25, -0.2) is 0 Å². The maximum atomic E-state index is 12.9. The summed E-state index contributed by atoms with van der Waals surface area (Å²) in [6.07, 6.45) is -2.76. The topological polar surface area (TPSA) is 23.6 Å². The molecule has 27 heavy (non-hydrogen) atoms. The third kappa shape index (κ3) is 2.69. The maximum absolute atomic E-state index is 12.9. The van der Waals surface area contributed by atoms with Crippen molar-refractivity contribution < 1.29 is 18.0 Å². The molecule has 2 atom stereocenters. The minimum absolute atomic E-state index is 0.0997. The van der Waals surface area contributed by atoms with Crippen molar-refractivity contribution in [2.45, 2.75) is 37.0 Å². The summed E-state index contributed by atoms with van der Waals surface area (Å²) in [5, 5.41) is 0. The van der Waals surface area contributed by atoms with Gasteiger partial charge in [-0.3, -0.25) is 4.79 Å². The number of piperidine rings is 1. The van der Waals surface area contributed by atoms with E-state index in [0.29, 0.717) is 19.3 Å². The number of fused-ring (bicyclic) bond motifs is 3. The molecular weight excluding hydrogens is 353 g/mol. The van der Waals surface area contributed by atoms with Crippen molar-refractivity contribution in [1.29, 1.82) is 0 Å². The fourth-order valence-electron chi connectivity index (χ4n) is 4.83. The average molecular weight is 374 g/mol. The predicted molar refractivity (Wildman–Crippen MR) is 97.5 cm³/mol. The van der Waals surface area contributed by atoms with E-state index in [1.165, 1.54) is 0 Å². The third-order valence-corrected chi connectivity index (χ3v) is 6.03. The molecule has 2 aromatic carbocycles. The van der Waals surface area contributed by atoms with Gasteiger partial charge in [0.25, 0.3) is 0 Å². The molecule has 0 aromatic heterocycles. The Kier molecular flexibility index (Phi) is 3.98. The Labute approximate surface area is 156 Å². The van der Waals surface area contributed by atoms with Crippen LogP contribution < -0.4 is 4.90 Å². The standard InChI is InChI=1S/C21H21F3N2O/c1-25-17-6-4-3-5-16(17)20(12-11-18(27)26(2)19(20)25)13-14-7-9-15(10-8-14)21(22,23)24/h3-10,19H,11-13H2,1-2H3/t19-,20+/m0/s1. The first-order valence-electron chi connectivity index (χ1n) is 8.98. The smallest absolute Gasteiger partial charge is 0.353 e. The molecule has 2 aliphatic heterocycles. The van der Waals surface area contributed by atoms with Gasteiger partial charge in [-0.15, -0.1) is 0 Å². The second kappa shape index (κ2) is 6.01. The highest BCUT2D eigenvalue weighted by Gasteiger charge is 2.54. The van der Waals surface area contributed by atoms with E-state index in [4.69, 9.17) is 0 Å². The van der Waals surface area contributed by atoms with E-state index in [9.17, 15) is 18.0 Å². The lowest BCUT2D eigenvalue weighted by atomic mass is 9.69. The van der Waals surface area contributed by atoms with Gasteiger partial charge in [0.15, 0.2) is 0 Å². The van der Waals surface area contributed by atoms with Gasteiger partial charge >= 0.3 is 6.18 Å². The van der Waals surface area contributed by atoms with Crippen molar-refractivity contribution in [2.24, 2.45) is 0 Å². The Bertz CT molecular complexity index is 878. The minimum atomic E-state index is -4.34. The van der Waals surface area contributed by atoms with Crippen LogP contribution in [0.5, 0.6) is 0 Å². The molecule has 0 bridgehead atoms. The zero-order valence-electron chi connectivity index (χ0n) is 15.3. The van der Waals surface area contributed by atoms with Gasteiger partial charge in [0, 0.05) is 31.6 Å². The Morgan fingerprint density at radius 3 is 2.37 bits per heavy atom. The molecule has 2 aliphatic rings. The number of halogens is 3. The molecule has 1 saturated heterocycles. The number of hydrogen-bond acceptors (Lipinski definition) is 2. The van der Waals surface area contributed by atoms with Gasteiger partial charge in [-0.1, -0.05) is 30.3 Å². The molecule has 4 rings (SSSR count). The van der Waals surface area contributed by atoms with Gasteiger partial charge in [-0.2, -0.15) is 13.2 Å². The molecule has 0 unspecified atom stereocenters. The second-order valence-corrected chi connectivity index (χ2v) is 7.53. The maximum Gasteiger partial charge on any atom is 0.416 e. The Morgan fingerprint density at radius 1 is 1.04 bits per heavy atom. The largest absolute Gasteiger partial charge is 0.416 e. The fourth-order valence-corrected chi connectivity index (χ4v) is 4.83. The fraction of sp³-hybridized carbons (Fsp3) is 0.381. The van der Waals surface area contributed by atoms with Crippen LogP contribution in [0.4, 0.5) is 18.9 Å². The highest BCUT2D eigenvalue weighted by Crippen LogP contribution is 2.52. The van der Waals surface area contributed by atoms with Crippen molar-refractivity contribution >= 4 is 11.6 Å². The number of carbonyl (C=O) groups excluding carboxylic acids is 1. The molecule has 2 heterocycles. The molecule has 142 valence electrons. The molecule has 1 amide bonds. The summed E-state index contributed by atoms with van der Waals surface area (Å²) in [5.41, 5.74) is 2.13.